The van der Waals surface area contributed by atoms with Crippen LogP contribution in [0.3, 0.4) is 0 Å². The minimum Gasteiger partial charge on any atom is -0.165 e. The largest absolute Gasteiger partial charge is 0.165 e. The Labute approximate surface area is 137 Å². The average Bonchev–Trinajstić information content (AvgIpc) is 2.24. The van der Waals surface area contributed by atoms with Crippen LogP contribution in [0.1, 0.15) is 39.5 Å². The van der Waals surface area contributed by atoms with Crippen LogP contribution in [0.4, 0.5) is 0 Å². The van der Waals surface area contributed by atoms with Crippen molar-refractivity contribution in [2.45, 2.75) is 58.5 Å². The molecule has 0 spiro atoms. The summed E-state index contributed by atoms with van der Waals surface area (Å²) >= 11 is 21.9. The summed E-state index contributed by atoms with van der Waals surface area (Å²) in [5, 5.41) is 0.437. The SMILES string of the molecule is CCCC(S)SCC(SC(S)CCC)C(S)S. The fourth-order valence-corrected chi connectivity index (χ4v) is 5.88. The summed E-state index contributed by atoms with van der Waals surface area (Å²) in [6.07, 6.45) is 4.67. The molecule has 0 radical (unpaired) electrons. The second kappa shape index (κ2) is 11.9. The van der Waals surface area contributed by atoms with Crippen LogP contribution in [-0.2, 0) is 0 Å². The maximum absolute atomic E-state index is 4.60. The third-order valence-electron chi connectivity index (χ3n) is 2.19. The Morgan fingerprint density at radius 2 is 1.41 bits per heavy atom. The lowest BCUT2D eigenvalue weighted by atomic mass is 10.4. The molecule has 0 amide bonds. The van der Waals surface area contributed by atoms with Crippen LogP contribution >= 0.6 is 74.0 Å². The first-order valence-electron chi connectivity index (χ1n) is 6.00. The van der Waals surface area contributed by atoms with Gasteiger partial charge >= 0.3 is 0 Å². The van der Waals surface area contributed by atoms with E-state index in [1.165, 1.54) is 12.8 Å². The lowest BCUT2D eigenvalue weighted by Crippen LogP contribution is -2.19. The Kier molecular flexibility index (Phi) is 13.4. The lowest BCUT2D eigenvalue weighted by Gasteiger charge is -2.23. The zero-order valence-corrected chi connectivity index (χ0v) is 15.7. The lowest BCUT2D eigenvalue weighted by molar-refractivity contribution is 0.866. The molecule has 0 aliphatic heterocycles. The van der Waals surface area contributed by atoms with Crippen LogP contribution in [0.15, 0.2) is 0 Å². The molecule has 0 aromatic rings. The first-order valence-corrected chi connectivity index (χ1v) is 10.1. The summed E-state index contributed by atoms with van der Waals surface area (Å²) in [7, 11) is 0. The van der Waals surface area contributed by atoms with Crippen LogP contribution in [-0.4, -0.2) is 24.7 Å². The molecular formula is C11H24S6. The van der Waals surface area contributed by atoms with Crippen molar-refractivity contribution >= 4 is 74.0 Å². The summed E-state index contributed by atoms with van der Waals surface area (Å²) in [4.78, 5) is 0. The van der Waals surface area contributed by atoms with Crippen molar-refractivity contribution in [2.24, 2.45) is 0 Å². The van der Waals surface area contributed by atoms with Gasteiger partial charge in [-0.1, -0.05) is 26.7 Å². The van der Waals surface area contributed by atoms with E-state index in [1.807, 2.05) is 23.5 Å². The van der Waals surface area contributed by atoms with E-state index >= 15 is 0 Å². The van der Waals surface area contributed by atoms with Crippen molar-refractivity contribution in [3.05, 3.63) is 0 Å². The Balaban J connectivity index is 3.98. The Bertz CT molecular complexity index is 175. The molecule has 0 heterocycles. The summed E-state index contributed by atoms with van der Waals surface area (Å²) in [5.74, 6) is 1.05. The van der Waals surface area contributed by atoms with Gasteiger partial charge in [0.05, 0.1) is 4.58 Å². The standard InChI is InChI=1S/C11H24S6/c1-3-5-9(12)16-7-8(11(14)15)17-10(13)6-4-2/h8-15H,3-7H2,1-2H3. The van der Waals surface area contributed by atoms with Gasteiger partial charge < -0.3 is 0 Å². The second-order valence-corrected chi connectivity index (χ2v) is 10.1. The number of thiol groups is 4. The zero-order chi connectivity index (χ0) is 13.3. The number of rotatable bonds is 10. The summed E-state index contributed by atoms with van der Waals surface area (Å²) in [6.45, 7) is 4.39. The van der Waals surface area contributed by atoms with Gasteiger partial charge in [0.2, 0.25) is 0 Å². The normalized spacial score (nSPS) is 17.1. The molecule has 0 aliphatic rings. The highest BCUT2D eigenvalue weighted by atomic mass is 32.2. The molecule has 3 atom stereocenters. The van der Waals surface area contributed by atoms with Gasteiger partial charge in [-0.05, 0) is 12.8 Å². The first-order chi connectivity index (χ1) is 8.01. The Hall–Kier alpha value is 2.10. The quantitative estimate of drug-likeness (QED) is 0.320. The van der Waals surface area contributed by atoms with Gasteiger partial charge in [-0.3, -0.25) is 0 Å². The molecule has 0 aliphatic carbocycles. The molecule has 0 N–H and O–H groups in total. The number of thioether (sulfide) groups is 2. The topological polar surface area (TPSA) is 0 Å². The molecule has 0 aromatic heterocycles. The Morgan fingerprint density at radius 1 is 0.882 bits per heavy atom. The predicted octanol–water partition coefficient (Wildman–Crippen LogP) is 5.12. The first kappa shape index (κ1) is 19.1. The second-order valence-electron chi connectivity index (χ2n) is 3.91. The third kappa shape index (κ3) is 10.5. The fourth-order valence-electron chi connectivity index (χ4n) is 1.25. The van der Waals surface area contributed by atoms with Gasteiger partial charge in [0.25, 0.3) is 0 Å². The molecular weight excluding hydrogens is 325 g/mol. The van der Waals surface area contributed by atoms with E-state index < -0.39 is 0 Å². The van der Waals surface area contributed by atoms with Crippen molar-refractivity contribution in [3.63, 3.8) is 0 Å². The van der Waals surface area contributed by atoms with Crippen molar-refractivity contribution in [3.8, 4) is 0 Å². The molecule has 3 unspecified atom stereocenters. The van der Waals surface area contributed by atoms with Crippen molar-refractivity contribution < 1.29 is 0 Å². The number of hydrogen-bond acceptors (Lipinski definition) is 6. The summed E-state index contributed by atoms with van der Waals surface area (Å²) in [5.41, 5.74) is 0. The molecule has 17 heavy (non-hydrogen) atoms. The maximum atomic E-state index is 4.60. The average molecular weight is 349 g/mol. The van der Waals surface area contributed by atoms with Gasteiger partial charge in [0.1, 0.15) is 0 Å². The zero-order valence-electron chi connectivity index (χ0n) is 10.5. The molecule has 0 aromatic carbocycles. The van der Waals surface area contributed by atoms with Crippen LogP contribution in [0, 0.1) is 0 Å². The highest BCUT2D eigenvalue weighted by Gasteiger charge is 2.20. The molecule has 0 saturated carbocycles. The van der Waals surface area contributed by atoms with Crippen molar-refractivity contribution in [2.75, 3.05) is 5.75 Å². The predicted molar refractivity (Wildman–Crippen MR) is 101 cm³/mol. The van der Waals surface area contributed by atoms with E-state index in [9.17, 15) is 0 Å². The van der Waals surface area contributed by atoms with E-state index in [2.05, 4.69) is 64.4 Å². The van der Waals surface area contributed by atoms with Crippen LogP contribution in [0.5, 0.6) is 0 Å². The highest BCUT2D eigenvalue weighted by Crippen LogP contribution is 2.34. The van der Waals surface area contributed by atoms with Gasteiger partial charge in [0.15, 0.2) is 0 Å². The minimum atomic E-state index is 0.112. The maximum Gasteiger partial charge on any atom is 0.0569 e. The number of hydrogen-bond donors (Lipinski definition) is 4. The molecule has 6 heteroatoms. The van der Waals surface area contributed by atoms with Crippen LogP contribution < -0.4 is 0 Å². The molecule has 0 bridgehead atoms. The van der Waals surface area contributed by atoms with Crippen molar-refractivity contribution in [1.29, 1.82) is 0 Å². The minimum absolute atomic E-state index is 0.112. The van der Waals surface area contributed by atoms with E-state index in [1.54, 1.807) is 0 Å². The van der Waals surface area contributed by atoms with Gasteiger partial charge in [-0.2, -0.15) is 50.5 Å². The van der Waals surface area contributed by atoms with Gasteiger partial charge in [0, 0.05) is 20.2 Å². The molecule has 0 rings (SSSR count). The van der Waals surface area contributed by atoms with E-state index in [-0.39, 0.29) is 4.58 Å². The monoisotopic (exact) mass is 348 g/mol. The van der Waals surface area contributed by atoms with E-state index in [0.29, 0.717) is 14.4 Å². The van der Waals surface area contributed by atoms with E-state index in [4.69, 9.17) is 0 Å². The van der Waals surface area contributed by atoms with Gasteiger partial charge in [-0.15, -0.1) is 23.5 Å². The van der Waals surface area contributed by atoms with Crippen LogP contribution in [0.25, 0.3) is 0 Å². The van der Waals surface area contributed by atoms with Crippen molar-refractivity contribution in [1.82, 2.24) is 0 Å². The van der Waals surface area contributed by atoms with Crippen LogP contribution in [0.2, 0.25) is 0 Å². The molecule has 0 nitrogen and oxygen atoms in total. The molecule has 0 fully saturated rings. The summed E-state index contributed by atoms with van der Waals surface area (Å²) < 4.78 is 0.950. The third-order valence-corrected chi connectivity index (χ3v) is 7.36. The fraction of sp³-hybridized carbons (Fsp3) is 1.00. The molecule has 0 saturated heterocycles. The van der Waals surface area contributed by atoms with Gasteiger partial charge in [-0.25, -0.2) is 0 Å². The Morgan fingerprint density at radius 3 is 1.88 bits per heavy atom. The smallest absolute Gasteiger partial charge is 0.0569 e. The highest BCUT2D eigenvalue weighted by molar-refractivity contribution is 8.14. The molecule has 104 valence electrons. The van der Waals surface area contributed by atoms with E-state index in [0.717, 1.165) is 18.6 Å². The summed E-state index contributed by atoms with van der Waals surface area (Å²) in [6, 6.07) is 0.